The zero-order chi connectivity index (χ0) is 12.7. The van der Waals surface area contributed by atoms with Gasteiger partial charge in [-0.05, 0) is 24.1 Å². The van der Waals surface area contributed by atoms with Crippen molar-refractivity contribution in [1.82, 2.24) is 5.32 Å². The predicted octanol–water partition coefficient (Wildman–Crippen LogP) is 1.99. The number of rotatable bonds is 7. The van der Waals surface area contributed by atoms with Crippen molar-refractivity contribution in [3.05, 3.63) is 29.8 Å². The Labute approximate surface area is 104 Å². The van der Waals surface area contributed by atoms with Crippen molar-refractivity contribution in [1.29, 1.82) is 0 Å². The topological polar surface area (TPSA) is 41.5 Å². The number of benzene rings is 1. The monoisotopic (exact) mass is 237 g/mol. The second kappa shape index (κ2) is 7.30. The lowest BCUT2D eigenvalue weighted by molar-refractivity contribution is 0.104. The fourth-order valence-electron chi connectivity index (χ4n) is 1.44. The number of hydrogen-bond donors (Lipinski definition) is 2. The van der Waals surface area contributed by atoms with Crippen LogP contribution in [0, 0.1) is 0 Å². The molecule has 3 heteroatoms. The van der Waals surface area contributed by atoms with Crippen LogP contribution in [0.3, 0.4) is 0 Å². The van der Waals surface area contributed by atoms with Crippen molar-refractivity contribution in [3.8, 4) is 5.75 Å². The smallest absolute Gasteiger partial charge is 0.119 e. The van der Waals surface area contributed by atoms with Gasteiger partial charge in [0, 0.05) is 12.6 Å². The molecule has 0 amide bonds. The first-order valence-electron chi connectivity index (χ1n) is 6.25. The minimum absolute atomic E-state index is 0.325. The Bertz CT molecular complexity index is 309. The molecule has 1 atom stereocenters. The highest BCUT2D eigenvalue weighted by Gasteiger charge is 2.05. The number of aliphatic hydroxyl groups excluding tert-OH is 1. The lowest BCUT2D eigenvalue weighted by Gasteiger charge is -2.15. The summed E-state index contributed by atoms with van der Waals surface area (Å²) in [5.74, 6) is 0.811. The molecule has 0 saturated carbocycles. The van der Waals surface area contributed by atoms with Crippen LogP contribution in [0.15, 0.2) is 24.3 Å². The average molecular weight is 237 g/mol. The zero-order valence-electron chi connectivity index (χ0n) is 10.9. The number of hydrogen-bond acceptors (Lipinski definition) is 3. The van der Waals surface area contributed by atoms with Gasteiger partial charge in [-0.15, -0.1) is 0 Å². The number of aliphatic hydroxyl groups is 1. The molecule has 0 saturated heterocycles. The van der Waals surface area contributed by atoms with E-state index in [-0.39, 0.29) is 0 Å². The Hall–Kier alpha value is -1.06. The lowest BCUT2D eigenvalue weighted by Crippen LogP contribution is -2.35. The number of aryl methyl sites for hydroxylation is 1. The molecule has 0 unspecified atom stereocenters. The third-order valence-electron chi connectivity index (χ3n) is 2.54. The minimum atomic E-state index is -0.469. The van der Waals surface area contributed by atoms with E-state index in [1.54, 1.807) is 0 Å². The molecule has 0 heterocycles. The summed E-state index contributed by atoms with van der Waals surface area (Å²) in [5.41, 5.74) is 1.29. The number of ether oxygens (including phenoxy) is 1. The first kappa shape index (κ1) is 14.0. The van der Waals surface area contributed by atoms with Gasteiger partial charge in [-0.2, -0.15) is 0 Å². The summed E-state index contributed by atoms with van der Waals surface area (Å²) in [7, 11) is 0. The van der Waals surface area contributed by atoms with Crippen LogP contribution in [0.2, 0.25) is 0 Å². The predicted molar refractivity (Wildman–Crippen MR) is 70.5 cm³/mol. The van der Waals surface area contributed by atoms with Gasteiger partial charge in [-0.25, -0.2) is 0 Å². The van der Waals surface area contributed by atoms with E-state index in [0.717, 1.165) is 12.2 Å². The summed E-state index contributed by atoms with van der Waals surface area (Å²) < 4.78 is 5.51. The van der Waals surface area contributed by atoms with Crippen LogP contribution in [0.1, 0.15) is 26.3 Å². The largest absolute Gasteiger partial charge is 0.491 e. The van der Waals surface area contributed by atoms with Crippen LogP contribution >= 0.6 is 0 Å². The van der Waals surface area contributed by atoms with Gasteiger partial charge in [0.15, 0.2) is 0 Å². The van der Waals surface area contributed by atoms with E-state index in [2.05, 4.69) is 26.1 Å². The fourth-order valence-corrected chi connectivity index (χ4v) is 1.44. The molecular weight excluding hydrogens is 214 g/mol. The summed E-state index contributed by atoms with van der Waals surface area (Å²) in [6.45, 7) is 7.11. The molecule has 1 aromatic carbocycles. The van der Waals surface area contributed by atoms with Gasteiger partial charge in [0.2, 0.25) is 0 Å². The minimum Gasteiger partial charge on any atom is -0.491 e. The molecule has 2 N–H and O–H groups in total. The van der Waals surface area contributed by atoms with E-state index in [4.69, 9.17) is 4.74 Å². The molecule has 17 heavy (non-hydrogen) atoms. The molecule has 3 nitrogen and oxygen atoms in total. The molecule has 0 aliphatic heterocycles. The summed E-state index contributed by atoms with van der Waals surface area (Å²) >= 11 is 0. The second-order valence-corrected chi connectivity index (χ2v) is 4.53. The normalized spacial score (nSPS) is 12.8. The van der Waals surface area contributed by atoms with Crippen molar-refractivity contribution in [2.45, 2.75) is 39.3 Å². The van der Waals surface area contributed by atoms with Crippen molar-refractivity contribution < 1.29 is 9.84 Å². The highest BCUT2D eigenvalue weighted by atomic mass is 16.5. The molecule has 0 radical (unpaired) electrons. The SMILES string of the molecule is CCc1ccc(OC[C@H](O)CNC(C)C)cc1. The quantitative estimate of drug-likeness (QED) is 0.762. The maximum Gasteiger partial charge on any atom is 0.119 e. The van der Waals surface area contributed by atoms with Gasteiger partial charge in [-0.1, -0.05) is 32.9 Å². The Morgan fingerprint density at radius 3 is 2.41 bits per heavy atom. The molecule has 96 valence electrons. The molecule has 1 rings (SSSR count). The van der Waals surface area contributed by atoms with Crippen molar-refractivity contribution in [3.63, 3.8) is 0 Å². The Morgan fingerprint density at radius 1 is 1.24 bits per heavy atom. The molecule has 1 aromatic rings. The second-order valence-electron chi connectivity index (χ2n) is 4.53. The van der Waals surface area contributed by atoms with E-state index in [9.17, 15) is 5.11 Å². The van der Waals surface area contributed by atoms with E-state index >= 15 is 0 Å². The highest BCUT2D eigenvalue weighted by Crippen LogP contribution is 2.12. The average Bonchev–Trinajstić information content (AvgIpc) is 2.34. The van der Waals surface area contributed by atoms with E-state index < -0.39 is 6.10 Å². The van der Waals surface area contributed by atoms with Crippen LogP contribution in [-0.4, -0.2) is 30.4 Å². The van der Waals surface area contributed by atoms with Gasteiger partial charge in [-0.3, -0.25) is 0 Å². The third-order valence-corrected chi connectivity index (χ3v) is 2.54. The molecule has 0 spiro atoms. The van der Waals surface area contributed by atoms with Crippen molar-refractivity contribution in [2.75, 3.05) is 13.2 Å². The molecule has 0 aromatic heterocycles. The number of nitrogens with one attached hydrogen (secondary N) is 1. The maximum absolute atomic E-state index is 9.67. The lowest BCUT2D eigenvalue weighted by atomic mass is 10.2. The fraction of sp³-hybridized carbons (Fsp3) is 0.571. The Morgan fingerprint density at radius 2 is 1.88 bits per heavy atom. The van der Waals surface area contributed by atoms with Crippen molar-refractivity contribution >= 4 is 0 Å². The van der Waals surface area contributed by atoms with Gasteiger partial charge in [0.25, 0.3) is 0 Å². The van der Waals surface area contributed by atoms with Crippen LogP contribution in [0.5, 0.6) is 5.75 Å². The van der Waals surface area contributed by atoms with Crippen LogP contribution in [-0.2, 0) is 6.42 Å². The Balaban J connectivity index is 2.29. The standard InChI is InChI=1S/C14H23NO2/c1-4-12-5-7-14(8-6-12)17-10-13(16)9-15-11(2)3/h5-8,11,13,15-16H,4,9-10H2,1-3H3/t13-/m1/s1. The van der Waals surface area contributed by atoms with E-state index in [1.807, 2.05) is 24.3 Å². The van der Waals surface area contributed by atoms with Crippen LogP contribution < -0.4 is 10.1 Å². The molecule has 0 aliphatic rings. The van der Waals surface area contributed by atoms with Gasteiger partial charge >= 0.3 is 0 Å². The van der Waals surface area contributed by atoms with Gasteiger partial charge in [0.1, 0.15) is 18.5 Å². The zero-order valence-corrected chi connectivity index (χ0v) is 10.9. The first-order valence-corrected chi connectivity index (χ1v) is 6.25. The van der Waals surface area contributed by atoms with E-state index in [0.29, 0.717) is 19.2 Å². The highest BCUT2D eigenvalue weighted by molar-refractivity contribution is 5.27. The third kappa shape index (κ3) is 5.71. The molecule has 0 bridgehead atoms. The maximum atomic E-state index is 9.67. The molecule has 0 aliphatic carbocycles. The summed E-state index contributed by atoms with van der Waals surface area (Å²) in [5, 5.41) is 12.8. The Kier molecular flexibility index (Phi) is 6.01. The van der Waals surface area contributed by atoms with Gasteiger partial charge < -0.3 is 15.2 Å². The van der Waals surface area contributed by atoms with Crippen LogP contribution in [0.4, 0.5) is 0 Å². The summed E-state index contributed by atoms with van der Waals surface area (Å²) in [4.78, 5) is 0. The molecular formula is C14H23NO2. The van der Waals surface area contributed by atoms with Gasteiger partial charge in [0.05, 0.1) is 0 Å². The molecule has 0 fully saturated rings. The van der Waals surface area contributed by atoms with E-state index in [1.165, 1.54) is 5.56 Å². The van der Waals surface area contributed by atoms with Crippen LogP contribution in [0.25, 0.3) is 0 Å². The van der Waals surface area contributed by atoms with Crippen molar-refractivity contribution in [2.24, 2.45) is 0 Å². The summed E-state index contributed by atoms with van der Waals surface area (Å²) in [6, 6.07) is 8.37. The summed E-state index contributed by atoms with van der Waals surface area (Å²) in [6.07, 6.45) is 0.560. The first-order chi connectivity index (χ1) is 8.11.